The Kier molecular flexibility index (Phi) is 3.27. The van der Waals surface area contributed by atoms with E-state index >= 15 is 0 Å². The summed E-state index contributed by atoms with van der Waals surface area (Å²) in [7, 11) is 0. The molecular weight excluding hydrogens is 172 g/mol. The SMILES string of the molecule is CCC1CNC(C)(C)CN1C(C)(C)C. The van der Waals surface area contributed by atoms with E-state index in [4.69, 9.17) is 0 Å². The molecule has 1 rings (SSSR count). The molecule has 1 fully saturated rings. The highest BCUT2D eigenvalue weighted by atomic mass is 15.3. The molecule has 2 heteroatoms. The molecule has 1 aliphatic rings. The van der Waals surface area contributed by atoms with Gasteiger partial charge in [0.25, 0.3) is 0 Å². The van der Waals surface area contributed by atoms with Crippen molar-refractivity contribution in [1.29, 1.82) is 0 Å². The van der Waals surface area contributed by atoms with Crippen LogP contribution in [0.4, 0.5) is 0 Å². The third-order valence-electron chi connectivity index (χ3n) is 3.16. The lowest BCUT2D eigenvalue weighted by molar-refractivity contribution is 0.0174. The molecule has 0 saturated carbocycles. The summed E-state index contributed by atoms with van der Waals surface area (Å²) in [4.78, 5) is 2.64. The Morgan fingerprint density at radius 3 is 2.36 bits per heavy atom. The first kappa shape index (κ1) is 12.0. The summed E-state index contributed by atoms with van der Waals surface area (Å²) in [5.74, 6) is 0. The maximum atomic E-state index is 3.62. The van der Waals surface area contributed by atoms with E-state index in [2.05, 4.69) is 51.8 Å². The Hall–Kier alpha value is -0.0800. The summed E-state index contributed by atoms with van der Waals surface area (Å²) < 4.78 is 0. The second kappa shape index (κ2) is 3.82. The fraction of sp³-hybridized carbons (Fsp3) is 1.00. The fourth-order valence-electron chi connectivity index (χ4n) is 2.26. The zero-order valence-corrected chi connectivity index (χ0v) is 10.6. The lowest BCUT2D eigenvalue weighted by Gasteiger charge is -2.50. The van der Waals surface area contributed by atoms with E-state index in [0.29, 0.717) is 11.6 Å². The fourth-order valence-corrected chi connectivity index (χ4v) is 2.26. The van der Waals surface area contributed by atoms with Crippen LogP contribution in [0.15, 0.2) is 0 Å². The normalized spacial score (nSPS) is 29.1. The molecule has 0 aromatic carbocycles. The summed E-state index contributed by atoms with van der Waals surface area (Å²) in [6.07, 6.45) is 1.24. The third kappa shape index (κ3) is 2.71. The largest absolute Gasteiger partial charge is 0.309 e. The molecule has 1 N–H and O–H groups in total. The molecule has 84 valence electrons. The number of rotatable bonds is 1. The average molecular weight is 198 g/mol. The van der Waals surface area contributed by atoms with Crippen LogP contribution in [0.3, 0.4) is 0 Å². The van der Waals surface area contributed by atoms with Gasteiger partial charge in [0.15, 0.2) is 0 Å². The minimum Gasteiger partial charge on any atom is -0.309 e. The highest BCUT2D eigenvalue weighted by Crippen LogP contribution is 2.25. The summed E-state index contributed by atoms with van der Waals surface area (Å²) >= 11 is 0. The standard InChI is InChI=1S/C12H26N2/c1-7-10-8-13-12(5,6)9-14(10)11(2,3)4/h10,13H,7-9H2,1-6H3. The predicted molar refractivity (Wildman–Crippen MR) is 62.6 cm³/mol. The van der Waals surface area contributed by atoms with Gasteiger partial charge in [0, 0.05) is 30.2 Å². The first-order chi connectivity index (χ1) is 6.26. The van der Waals surface area contributed by atoms with Crippen molar-refractivity contribution in [1.82, 2.24) is 10.2 Å². The van der Waals surface area contributed by atoms with Crippen LogP contribution in [-0.4, -0.2) is 35.1 Å². The smallest absolute Gasteiger partial charge is 0.0253 e. The van der Waals surface area contributed by atoms with Crippen LogP contribution in [-0.2, 0) is 0 Å². The van der Waals surface area contributed by atoms with Gasteiger partial charge in [-0.1, -0.05) is 6.92 Å². The number of hydrogen-bond acceptors (Lipinski definition) is 2. The molecular formula is C12H26N2. The number of hydrogen-bond donors (Lipinski definition) is 1. The molecule has 0 amide bonds. The van der Waals surface area contributed by atoms with Crippen molar-refractivity contribution < 1.29 is 0 Å². The second-order valence-corrected chi connectivity index (χ2v) is 6.13. The third-order valence-corrected chi connectivity index (χ3v) is 3.16. The first-order valence-corrected chi connectivity index (χ1v) is 5.78. The lowest BCUT2D eigenvalue weighted by atomic mass is 9.92. The van der Waals surface area contributed by atoms with Crippen molar-refractivity contribution in [3.8, 4) is 0 Å². The van der Waals surface area contributed by atoms with Crippen LogP contribution < -0.4 is 5.32 Å². The van der Waals surface area contributed by atoms with E-state index in [1.165, 1.54) is 6.42 Å². The Balaban J connectivity index is 2.76. The van der Waals surface area contributed by atoms with E-state index in [0.717, 1.165) is 13.1 Å². The van der Waals surface area contributed by atoms with Crippen molar-refractivity contribution in [3.05, 3.63) is 0 Å². The second-order valence-electron chi connectivity index (χ2n) is 6.13. The Morgan fingerprint density at radius 2 is 1.93 bits per heavy atom. The Bertz CT molecular complexity index is 191. The lowest BCUT2D eigenvalue weighted by Crippen LogP contribution is -2.65. The van der Waals surface area contributed by atoms with Gasteiger partial charge in [-0.3, -0.25) is 4.90 Å². The highest BCUT2D eigenvalue weighted by molar-refractivity contribution is 4.96. The molecule has 0 bridgehead atoms. The number of nitrogens with zero attached hydrogens (tertiary/aromatic N) is 1. The average Bonchev–Trinajstić information content (AvgIpc) is 2.01. The molecule has 14 heavy (non-hydrogen) atoms. The molecule has 1 unspecified atom stereocenters. The van der Waals surface area contributed by atoms with Crippen molar-refractivity contribution in [2.75, 3.05) is 13.1 Å². The molecule has 0 aliphatic carbocycles. The van der Waals surface area contributed by atoms with Gasteiger partial charge in [0.2, 0.25) is 0 Å². The maximum Gasteiger partial charge on any atom is 0.0253 e. The van der Waals surface area contributed by atoms with Crippen molar-refractivity contribution in [2.45, 2.75) is 65.1 Å². The van der Waals surface area contributed by atoms with Crippen LogP contribution >= 0.6 is 0 Å². The molecule has 1 heterocycles. The van der Waals surface area contributed by atoms with Crippen molar-refractivity contribution >= 4 is 0 Å². The van der Waals surface area contributed by atoms with Gasteiger partial charge >= 0.3 is 0 Å². The molecule has 0 aromatic rings. The van der Waals surface area contributed by atoms with Gasteiger partial charge in [0.05, 0.1) is 0 Å². The minimum atomic E-state index is 0.263. The van der Waals surface area contributed by atoms with Gasteiger partial charge < -0.3 is 5.32 Å². The van der Waals surface area contributed by atoms with Crippen molar-refractivity contribution in [3.63, 3.8) is 0 Å². The first-order valence-electron chi connectivity index (χ1n) is 5.78. The van der Waals surface area contributed by atoms with Gasteiger partial charge in [-0.2, -0.15) is 0 Å². The molecule has 0 radical (unpaired) electrons. The Labute approximate surface area is 89.1 Å². The molecule has 1 aliphatic heterocycles. The molecule has 1 atom stereocenters. The van der Waals surface area contributed by atoms with Crippen molar-refractivity contribution in [2.24, 2.45) is 0 Å². The number of piperazine rings is 1. The molecule has 0 aromatic heterocycles. The zero-order chi connectivity index (χ0) is 11.0. The minimum absolute atomic E-state index is 0.263. The topological polar surface area (TPSA) is 15.3 Å². The van der Waals surface area contributed by atoms with Crippen LogP contribution in [0, 0.1) is 0 Å². The summed E-state index contributed by atoms with van der Waals surface area (Å²) in [5, 5.41) is 3.62. The van der Waals surface area contributed by atoms with E-state index < -0.39 is 0 Å². The molecule has 0 spiro atoms. The summed E-state index contributed by atoms with van der Waals surface area (Å²) in [6.45, 7) is 16.1. The Morgan fingerprint density at radius 1 is 1.36 bits per heavy atom. The van der Waals surface area contributed by atoms with Crippen LogP contribution in [0.1, 0.15) is 48.0 Å². The van der Waals surface area contributed by atoms with Gasteiger partial charge in [-0.25, -0.2) is 0 Å². The quantitative estimate of drug-likeness (QED) is 0.695. The molecule has 1 saturated heterocycles. The predicted octanol–water partition coefficient (Wildman–Crippen LogP) is 2.25. The number of nitrogens with one attached hydrogen (secondary N) is 1. The van der Waals surface area contributed by atoms with E-state index in [1.54, 1.807) is 0 Å². The van der Waals surface area contributed by atoms with Gasteiger partial charge in [-0.15, -0.1) is 0 Å². The maximum absolute atomic E-state index is 3.62. The monoisotopic (exact) mass is 198 g/mol. The highest BCUT2D eigenvalue weighted by Gasteiger charge is 2.36. The van der Waals surface area contributed by atoms with Gasteiger partial charge in [0.1, 0.15) is 0 Å². The van der Waals surface area contributed by atoms with Crippen LogP contribution in [0.2, 0.25) is 0 Å². The van der Waals surface area contributed by atoms with E-state index in [1.807, 2.05) is 0 Å². The van der Waals surface area contributed by atoms with Gasteiger partial charge in [-0.05, 0) is 41.0 Å². The van der Waals surface area contributed by atoms with E-state index in [-0.39, 0.29) is 5.54 Å². The van der Waals surface area contributed by atoms with Crippen LogP contribution in [0.5, 0.6) is 0 Å². The summed E-state index contributed by atoms with van der Waals surface area (Å²) in [6, 6.07) is 0.697. The van der Waals surface area contributed by atoms with Crippen LogP contribution in [0.25, 0.3) is 0 Å². The molecule has 2 nitrogen and oxygen atoms in total. The van der Waals surface area contributed by atoms with E-state index in [9.17, 15) is 0 Å². The summed E-state index contributed by atoms with van der Waals surface area (Å²) in [5.41, 5.74) is 0.555. The zero-order valence-electron chi connectivity index (χ0n) is 10.6.